The van der Waals surface area contributed by atoms with Gasteiger partial charge in [0.15, 0.2) is 0 Å². The van der Waals surface area contributed by atoms with E-state index < -0.39 is 0 Å². The lowest BCUT2D eigenvalue weighted by atomic mass is 10.2. The van der Waals surface area contributed by atoms with Gasteiger partial charge in [-0.15, -0.1) is 0 Å². The van der Waals surface area contributed by atoms with Crippen molar-refractivity contribution in [2.45, 2.75) is 0 Å². The summed E-state index contributed by atoms with van der Waals surface area (Å²) in [7, 11) is 0. The van der Waals surface area contributed by atoms with Crippen molar-refractivity contribution in [3.8, 4) is 0 Å². The van der Waals surface area contributed by atoms with Gasteiger partial charge in [0.1, 0.15) is 0 Å². The molecule has 0 aliphatic heterocycles. The fourth-order valence-electron chi connectivity index (χ4n) is 1.42. The van der Waals surface area contributed by atoms with Gasteiger partial charge in [-0.1, -0.05) is 47.6 Å². The van der Waals surface area contributed by atoms with E-state index in [0.29, 0.717) is 5.69 Å². The molecular weight excluding hydrogens is 226 g/mol. The number of hydrazone groups is 1. The maximum Gasteiger partial charge on any atom is 0.0561 e. The molecule has 0 heterocycles. The molecule has 0 radical (unpaired) electrons. The lowest BCUT2D eigenvalue weighted by Crippen LogP contribution is -1.90. The van der Waals surface area contributed by atoms with E-state index in [2.05, 4.69) is 20.6 Å². The molecule has 18 heavy (non-hydrogen) atoms. The van der Waals surface area contributed by atoms with E-state index in [4.69, 9.17) is 5.53 Å². The molecule has 0 aromatic heterocycles. The Balaban J connectivity index is 2.12. The second-order valence-corrected chi connectivity index (χ2v) is 3.48. The largest absolute Gasteiger partial charge is 0.279 e. The van der Waals surface area contributed by atoms with E-state index in [-0.39, 0.29) is 0 Å². The number of azide groups is 1. The molecule has 2 rings (SSSR count). The predicted octanol–water partition coefficient (Wildman–Crippen LogP) is 4.07. The van der Waals surface area contributed by atoms with Crippen molar-refractivity contribution in [1.29, 1.82) is 0 Å². The summed E-state index contributed by atoms with van der Waals surface area (Å²) >= 11 is 0. The summed E-state index contributed by atoms with van der Waals surface area (Å²) in [5, 5.41) is 7.69. The van der Waals surface area contributed by atoms with Crippen molar-refractivity contribution in [3.05, 3.63) is 70.6 Å². The van der Waals surface area contributed by atoms with Crippen LogP contribution in [0.2, 0.25) is 0 Å². The van der Waals surface area contributed by atoms with E-state index >= 15 is 0 Å². The third-order valence-corrected chi connectivity index (χ3v) is 2.26. The molecule has 5 nitrogen and oxygen atoms in total. The van der Waals surface area contributed by atoms with Crippen molar-refractivity contribution in [3.63, 3.8) is 0 Å². The van der Waals surface area contributed by atoms with E-state index in [1.165, 1.54) is 0 Å². The highest BCUT2D eigenvalue weighted by molar-refractivity contribution is 5.86. The molecule has 0 bridgehead atoms. The smallest absolute Gasteiger partial charge is 0.0561 e. The highest BCUT2D eigenvalue weighted by atomic mass is 15.3. The molecule has 1 N–H and O–H groups in total. The minimum atomic E-state index is 0.554. The summed E-state index contributed by atoms with van der Waals surface area (Å²) in [6.07, 6.45) is 1.62. The Labute approximate surface area is 104 Å². The first-order chi connectivity index (χ1) is 8.90. The van der Waals surface area contributed by atoms with Gasteiger partial charge < -0.3 is 0 Å². The van der Waals surface area contributed by atoms with Crippen LogP contribution in [0.1, 0.15) is 5.56 Å². The molecule has 0 atom stereocenters. The number of hydrogen-bond donors (Lipinski definition) is 1. The number of hydrogen-bond acceptors (Lipinski definition) is 3. The Bertz CT molecular complexity index is 585. The first kappa shape index (κ1) is 11.7. The molecule has 2 aromatic carbocycles. The maximum absolute atomic E-state index is 8.45. The van der Waals surface area contributed by atoms with Crippen LogP contribution in [-0.4, -0.2) is 6.21 Å². The highest BCUT2D eigenvalue weighted by Crippen LogP contribution is 2.16. The first-order valence-electron chi connectivity index (χ1n) is 5.38. The number of anilines is 1. The van der Waals surface area contributed by atoms with Gasteiger partial charge in [0.25, 0.3) is 0 Å². The van der Waals surface area contributed by atoms with Gasteiger partial charge in [-0.25, -0.2) is 0 Å². The monoisotopic (exact) mass is 237 g/mol. The molecule has 0 spiro atoms. The van der Waals surface area contributed by atoms with Crippen molar-refractivity contribution < 1.29 is 0 Å². The van der Waals surface area contributed by atoms with Crippen LogP contribution in [0.4, 0.5) is 11.4 Å². The molecule has 2 aromatic rings. The summed E-state index contributed by atoms with van der Waals surface area (Å²) in [5.41, 5.74) is 13.6. The number of rotatable bonds is 4. The van der Waals surface area contributed by atoms with Crippen LogP contribution >= 0.6 is 0 Å². The van der Waals surface area contributed by atoms with E-state index in [1.807, 2.05) is 48.5 Å². The molecule has 0 unspecified atom stereocenters. The van der Waals surface area contributed by atoms with Gasteiger partial charge in [0, 0.05) is 16.2 Å². The minimum Gasteiger partial charge on any atom is -0.279 e. The Morgan fingerprint density at radius 2 is 1.72 bits per heavy atom. The van der Waals surface area contributed by atoms with Crippen molar-refractivity contribution >= 4 is 17.6 Å². The van der Waals surface area contributed by atoms with Gasteiger partial charge >= 0.3 is 0 Å². The van der Waals surface area contributed by atoms with E-state index in [9.17, 15) is 0 Å². The van der Waals surface area contributed by atoms with Gasteiger partial charge in [-0.2, -0.15) is 5.10 Å². The van der Waals surface area contributed by atoms with Gasteiger partial charge in [-0.05, 0) is 17.7 Å². The number of nitrogens with one attached hydrogen (secondary N) is 1. The molecule has 5 heteroatoms. The Morgan fingerprint density at radius 3 is 2.50 bits per heavy atom. The zero-order valence-corrected chi connectivity index (χ0v) is 9.56. The van der Waals surface area contributed by atoms with Crippen LogP contribution in [0.5, 0.6) is 0 Å². The van der Waals surface area contributed by atoms with Crippen molar-refractivity contribution in [1.82, 2.24) is 0 Å². The third kappa shape index (κ3) is 3.10. The van der Waals surface area contributed by atoms with Crippen LogP contribution in [0.25, 0.3) is 10.4 Å². The summed E-state index contributed by atoms with van der Waals surface area (Å²) in [4.78, 5) is 2.78. The summed E-state index contributed by atoms with van der Waals surface area (Å²) in [6, 6.07) is 16.9. The summed E-state index contributed by atoms with van der Waals surface area (Å²) in [6.45, 7) is 0. The van der Waals surface area contributed by atoms with Gasteiger partial charge in [0.2, 0.25) is 0 Å². The average molecular weight is 237 g/mol. The van der Waals surface area contributed by atoms with Crippen LogP contribution < -0.4 is 5.43 Å². The fourth-order valence-corrected chi connectivity index (χ4v) is 1.42. The molecule has 0 amide bonds. The molecular formula is C13H11N5. The molecule has 0 saturated heterocycles. The zero-order chi connectivity index (χ0) is 12.6. The number of benzene rings is 2. The number of nitrogens with zero attached hydrogens (tertiary/aromatic N) is 4. The Morgan fingerprint density at radius 1 is 1.00 bits per heavy atom. The molecule has 88 valence electrons. The fraction of sp³-hybridized carbons (Fsp3) is 0. The molecule has 0 fully saturated rings. The molecule has 0 aliphatic rings. The SMILES string of the molecule is [N-]=[N+]=Nc1ccccc1C=NNc1ccccc1. The first-order valence-corrected chi connectivity index (χ1v) is 5.38. The number of para-hydroxylation sites is 1. The normalized spacial score (nSPS) is 10.0. The van der Waals surface area contributed by atoms with Crippen LogP contribution in [-0.2, 0) is 0 Å². The Kier molecular flexibility index (Phi) is 3.95. The highest BCUT2D eigenvalue weighted by Gasteiger charge is 1.95. The topological polar surface area (TPSA) is 73.2 Å². The molecule has 0 saturated carbocycles. The summed E-state index contributed by atoms with van der Waals surface area (Å²) < 4.78 is 0. The third-order valence-electron chi connectivity index (χ3n) is 2.26. The lowest BCUT2D eigenvalue weighted by Gasteiger charge is -2.00. The van der Waals surface area contributed by atoms with Crippen molar-refractivity contribution in [2.75, 3.05) is 5.43 Å². The van der Waals surface area contributed by atoms with E-state index in [1.54, 1.807) is 12.3 Å². The van der Waals surface area contributed by atoms with Crippen LogP contribution in [0, 0.1) is 0 Å². The predicted molar refractivity (Wildman–Crippen MR) is 72.9 cm³/mol. The van der Waals surface area contributed by atoms with Crippen molar-refractivity contribution in [2.24, 2.45) is 10.2 Å². The average Bonchev–Trinajstić information content (AvgIpc) is 2.42. The van der Waals surface area contributed by atoms with Gasteiger partial charge in [-0.3, -0.25) is 5.43 Å². The maximum atomic E-state index is 8.45. The second-order valence-electron chi connectivity index (χ2n) is 3.48. The standard InChI is InChI=1S/C13H11N5/c14-18-17-13-9-5-4-6-11(13)10-15-16-12-7-2-1-3-8-12/h1-10,16H. The van der Waals surface area contributed by atoms with Crippen LogP contribution in [0.15, 0.2) is 64.8 Å². The summed E-state index contributed by atoms with van der Waals surface area (Å²) in [5.74, 6) is 0. The van der Waals surface area contributed by atoms with Gasteiger partial charge in [0.05, 0.1) is 11.9 Å². The minimum absolute atomic E-state index is 0.554. The quantitative estimate of drug-likeness (QED) is 0.281. The Hall–Kier alpha value is -2.78. The molecule has 0 aliphatic carbocycles. The van der Waals surface area contributed by atoms with E-state index in [0.717, 1.165) is 11.3 Å². The zero-order valence-electron chi connectivity index (χ0n) is 9.56. The van der Waals surface area contributed by atoms with Crippen LogP contribution in [0.3, 0.4) is 0 Å². The lowest BCUT2D eigenvalue weighted by molar-refractivity contribution is 1.34. The second kappa shape index (κ2) is 6.08.